The number of anilines is 2. The van der Waals surface area contributed by atoms with Gasteiger partial charge in [-0.15, -0.1) is 0 Å². The van der Waals surface area contributed by atoms with E-state index in [4.69, 9.17) is 0 Å². The molecule has 0 aliphatic rings. The molecule has 0 fully saturated rings. The maximum atomic E-state index is 12.7. The third kappa shape index (κ3) is 5.45. The van der Waals surface area contributed by atoms with Crippen LogP contribution in [-0.4, -0.2) is 22.0 Å². The van der Waals surface area contributed by atoms with Crippen molar-refractivity contribution in [2.75, 3.05) is 16.8 Å². The second-order valence-electron chi connectivity index (χ2n) is 7.37. The number of hydrogen-bond acceptors (Lipinski definition) is 4. The molecular formula is C23H25N5O. The molecule has 1 N–H and O–H groups in total. The van der Waals surface area contributed by atoms with Crippen LogP contribution in [0.1, 0.15) is 36.6 Å². The van der Waals surface area contributed by atoms with E-state index in [0.29, 0.717) is 18.0 Å². The van der Waals surface area contributed by atoms with E-state index in [-0.39, 0.29) is 12.5 Å². The monoisotopic (exact) mass is 387 g/mol. The van der Waals surface area contributed by atoms with Crippen LogP contribution in [0.4, 0.5) is 11.4 Å². The SMILES string of the molecule is CC(C)c1ccc(NC(=O)CN(Cc2cn(C)cn2)c2cccc(C#N)c2)cc1. The summed E-state index contributed by atoms with van der Waals surface area (Å²) in [6.07, 6.45) is 3.65. The van der Waals surface area contributed by atoms with Gasteiger partial charge in [0.05, 0.1) is 36.7 Å². The average Bonchev–Trinajstić information content (AvgIpc) is 3.12. The van der Waals surface area contributed by atoms with Crippen LogP contribution in [-0.2, 0) is 18.4 Å². The smallest absolute Gasteiger partial charge is 0.243 e. The lowest BCUT2D eigenvalue weighted by molar-refractivity contribution is -0.115. The first-order valence-corrected chi connectivity index (χ1v) is 9.56. The molecule has 0 spiro atoms. The van der Waals surface area contributed by atoms with Gasteiger partial charge in [-0.1, -0.05) is 32.0 Å². The molecule has 0 unspecified atom stereocenters. The Morgan fingerprint density at radius 1 is 1.24 bits per heavy atom. The van der Waals surface area contributed by atoms with Gasteiger partial charge in [0.25, 0.3) is 0 Å². The molecule has 0 aliphatic heterocycles. The molecule has 0 atom stereocenters. The predicted octanol–water partition coefficient (Wildman–Crippen LogP) is 4.06. The van der Waals surface area contributed by atoms with Gasteiger partial charge in [-0.3, -0.25) is 4.79 Å². The lowest BCUT2D eigenvalue weighted by Gasteiger charge is -2.23. The van der Waals surface area contributed by atoms with Crippen LogP contribution < -0.4 is 10.2 Å². The molecule has 3 aromatic rings. The van der Waals surface area contributed by atoms with Crippen molar-refractivity contribution in [3.63, 3.8) is 0 Å². The maximum Gasteiger partial charge on any atom is 0.243 e. The quantitative estimate of drug-likeness (QED) is 0.663. The fourth-order valence-electron chi connectivity index (χ4n) is 3.08. The van der Waals surface area contributed by atoms with Gasteiger partial charge in [0.1, 0.15) is 0 Å². The molecule has 0 radical (unpaired) electrons. The molecule has 3 rings (SSSR count). The van der Waals surface area contributed by atoms with Crippen LogP contribution in [0.15, 0.2) is 61.1 Å². The van der Waals surface area contributed by atoms with Crippen LogP contribution in [0.25, 0.3) is 0 Å². The molecule has 0 bridgehead atoms. The molecule has 1 amide bonds. The van der Waals surface area contributed by atoms with Crippen molar-refractivity contribution in [3.05, 3.63) is 77.9 Å². The molecule has 2 aromatic carbocycles. The molecule has 6 nitrogen and oxygen atoms in total. The second-order valence-corrected chi connectivity index (χ2v) is 7.37. The number of rotatable bonds is 7. The van der Waals surface area contributed by atoms with E-state index < -0.39 is 0 Å². The number of carbonyl (C=O) groups is 1. The third-order valence-electron chi connectivity index (χ3n) is 4.65. The molecule has 0 saturated carbocycles. The van der Waals surface area contributed by atoms with Gasteiger partial charge in [0.15, 0.2) is 0 Å². The Labute approximate surface area is 171 Å². The topological polar surface area (TPSA) is 74.0 Å². The Morgan fingerprint density at radius 3 is 2.62 bits per heavy atom. The molecule has 0 aliphatic carbocycles. The number of nitrogens with zero attached hydrogens (tertiary/aromatic N) is 4. The molecule has 0 saturated heterocycles. The summed E-state index contributed by atoms with van der Waals surface area (Å²) >= 11 is 0. The summed E-state index contributed by atoms with van der Waals surface area (Å²) in [5.41, 5.74) is 4.21. The first-order chi connectivity index (χ1) is 13.9. The van der Waals surface area contributed by atoms with E-state index in [1.54, 1.807) is 18.5 Å². The summed E-state index contributed by atoms with van der Waals surface area (Å²) in [5, 5.41) is 12.2. The van der Waals surface area contributed by atoms with Crippen LogP contribution in [0, 0.1) is 11.3 Å². The third-order valence-corrected chi connectivity index (χ3v) is 4.65. The number of hydrogen-bond donors (Lipinski definition) is 1. The number of aromatic nitrogens is 2. The summed E-state index contributed by atoms with van der Waals surface area (Å²) in [6.45, 7) is 4.89. The van der Waals surface area contributed by atoms with Crippen molar-refractivity contribution in [2.45, 2.75) is 26.3 Å². The fraction of sp³-hybridized carbons (Fsp3) is 0.261. The first-order valence-electron chi connectivity index (χ1n) is 9.56. The highest BCUT2D eigenvalue weighted by Crippen LogP contribution is 2.20. The van der Waals surface area contributed by atoms with Crippen molar-refractivity contribution < 1.29 is 4.79 Å². The number of imidazole rings is 1. The highest BCUT2D eigenvalue weighted by Gasteiger charge is 2.15. The minimum atomic E-state index is -0.124. The number of nitrogens with one attached hydrogen (secondary N) is 1. The number of aryl methyl sites for hydroxylation is 1. The fourth-order valence-corrected chi connectivity index (χ4v) is 3.08. The lowest BCUT2D eigenvalue weighted by atomic mass is 10.0. The standard InChI is InChI=1S/C23H25N5O/c1-17(2)19-7-9-20(10-8-19)26-23(29)15-28(14-21-13-27(3)16-25-21)22-6-4-5-18(11-22)12-24/h4-11,13,16-17H,14-15H2,1-3H3,(H,26,29). The molecule has 148 valence electrons. The van der Waals surface area contributed by atoms with Gasteiger partial charge in [0, 0.05) is 24.6 Å². The number of benzene rings is 2. The van der Waals surface area contributed by atoms with Crippen molar-refractivity contribution in [1.82, 2.24) is 9.55 Å². The van der Waals surface area contributed by atoms with Gasteiger partial charge in [-0.05, 0) is 41.8 Å². The van der Waals surface area contributed by atoms with Gasteiger partial charge >= 0.3 is 0 Å². The zero-order valence-corrected chi connectivity index (χ0v) is 17.0. The van der Waals surface area contributed by atoms with Crippen LogP contribution in [0.3, 0.4) is 0 Å². The van der Waals surface area contributed by atoms with Crippen LogP contribution >= 0.6 is 0 Å². The molecule has 29 heavy (non-hydrogen) atoms. The Morgan fingerprint density at radius 2 is 2.00 bits per heavy atom. The van der Waals surface area contributed by atoms with Gasteiger partial charge < -0.3 is 14.8 Å². The summed E-state index contributed by atoms with van der Waals surface area (Å²) in [4.78, 5) is 19.0. The van der Waals surface area contributed by atoms with Gasteiger partial charge in [-0.25, -0.2) is 4.98 Å². The normalized spacial score (nSPS) is 10.6. The van der Waals surface area contributed by atoms with Crippen LogP contribution in [0.2, 0.25) is 0 Å². The largest absolute Gasteiger partial charge is 0.356 e. The van der Waals surface area contributed by atoms with Crippen molar-refractivity contribution in [2.24, 2.45) is 7.05 Å². The minimum absolute atomic E-state index is 0.124. The Bertz CT molecular complexity index is 1010. The van der Waals surface area contributed by atoms with Gasteiger partial charge in [0.2, 0.25) is 5.91 Å². The lowest BCUT2D eigenvalue weighted by Crippen LogP contribution is -2.33. The molecule has 1 aromatic heterocycles. The zero-order valence-electron chi connectivity index (χ0n) is 17.0. The molecular weight excluding hydrogens is 362 g/mol. The van der Waals surface area contributed by atoms with E-state index in [1.165, 1.54) is 5.56 Å². The average molecular weight is 387 g/mol. The van der Waals surface area contributed by atoms with Crippen molar-refractivity contribution in [3.8, 4) is 6.07 Å². The van der Waals surface area contributed by atoms with Crippen molar-refractivity contribution in [1.29, 1.82) is 5.26 Å². The highest BCUT2D eigenvalue weighted by atomic mass is 16.2. The van der Waals surface area contributed by atoms with E-state index in [2.05, 4.69) is 30.2 Å². The minimum Gasteiger partial charge on any atom is -0.356 e. The number of carbonyl (C=O) groups excluding carboxylic acids is 1. The van der Waals surface area contributed by atoms with Gasteiger partial charge in [-0.2, -0.15) is 5.26 Å². The first kappa shape index (κ1) is 20.2. The van der Waals surface area contributed by atoms with E-state index >= 15 is 0 Å². The summed E-state index contributed by atoms with van der Waals surface area (Å²) in [6, 6.07) is 17.3. The van der Waals surface area contributed by atoms with E-state index in [1.807, 2.05) is 59.1 Å². The Balaban J connectivity index is 1.76. The molecule has 1 heterocycles. The second kappa shape index (κ2) is 9.07. The highest BCUT2D eigenvalue weighted by molar-refractivity contribution is 5.94. The summed E-state index contributed by atoms with van der Waals surface area (Å²) in [5.74, 6) is 0.321. The Hall–Kier alpha value is -3.59. The van der Waals surface area contributed by atoms with Crippen LogP contribution in [0.5, 0.6) is 0 Å². The molecule has 6 heteroatoms. The summed E-state index contributed by atoms with van der Waals surface area (Å²) < 4.78 is 1.87. The summed E-state index contributed by atoms with van der Waals surface area (Å²) in [7, 11) is 1.91. The van der Waals surface area contributed by atoms with Crippen molar-refractivity contribution >= 4 is 17.3 Å². The predicted molar refractivity (Wildman–Crippen MR) is 115 cm³/mol. The Kier molecular flexibility index (Phi) is 6.30. The van der Waals surface area contributed by atoms with E-state index in [0.717, 1.165) is 17.1 Å². The maximum absolute atomic E-state index is 12.7. The van der Waals surface area contributed by atoms with E-state index in [9.17, 15) is 10.1 Å². The number of amides is 1. The zero-order chi connectivity index (χ0) is 20.8. The number of nitriles is 1.